The molecular weight excluding hydrogens is 222 g/mol. The van der Waals surface area contributed by atoms with Crippen LogP contribution >= 0.6 is 0 Å². The Hall–Kier alpha value is -1.30. The van der Waals surface area contributed by atoms with Crippen LogP contribution in [0.3, 0.4) is 0 Å². The van der Waals surface area contributed by atoms with Gasteiger partial charge in [-0.1, -0.05) is 6.92 Å². The number of hydrogen-bond donors (Lipinski definition) is 2. The Labute approximate surface area is 101 Å². The van der Waals surface area contributed by atoms with Gasteiger partial charge in [0, 0.05) is 0 Å². The molecule has 2 amide bonds. The molecule has 6 heteroatoms. The minimum absolute atomic E-state index is 0.269. The van der Waals surface area contributed by atoms with Crippen LogP contribution in [0.25, 0.3) is 0 Å². The zero-order valence-corrected chi connectivity index (χ0v) is 10.9. The Morgan fingerprint density at radius 2 is 1.94 bits per heavy atom. The molecule has 98 valence electrons. The van der Waals surface area contributed by atoms with Crippen LogP contribution in [-0.4, -0.2) is 47.7 Å². The van der Waals surface area contributed by atoms with E-state index in [2.05, 4.69) is 5.32 Å². The molecule has 0 aromatic rings. The van der Waals surface area contributed by atoms with Crippen molar-refractivity contribution >= 4 is 12.0 Å². The second kappa shape index (κ2) is 4.52. The Kier molecular flexibility index (Phi) is 3.66. The smallest absolute Gasteiger partial charge is 0.410 e. The number of hydrogen-bond acceptors (Lipinski definition) is 4. The van der Waals surface area contributed by atoms with Gasteiger partial charge in [-0.2, -0.15) is 0 Å². The lowest BCUT2D eigenvalue weighted by molar-refractivity contribution is -0.131. The molecule has 1 rings (SSSR count). The number of nitrogens with zero attached hydrogens (tertiary/aromatic N) is 1. The van der Waals surface area contributed by atoms with Crippen molar-refractivity contribution in [3.8, 4) is 0 Å². The number of ether oxygens (including phenoxy) is 1. The highest BCUT2D eigenvalue weighted by atomic mass is 16.6. The first-order valence-corrected chi connectivity index (χ1v) is 5.73. The molecule has 0 atom stereocenters. The van der Waals surface area contributed by atoms with E-state index in [0.717, 1.165) is 0 Å². The molecule has 0 unspecified atom stereocenters. The third-order valence-corrected chi connectivity index (χ3v) is 2.56. The van der Waals surface area contributed by atoms with E-state index in [-0.39, 0.29) is 13.1 Å². The summed E-state index contributed by atoms with van der Waals surface area (Å²) in [6.45, 7) is 8.46. The predicted octanol–water partition coefficient (Wildman–Crippen LogP) is 0.0707. The normalized spacial score (nSPS) is 18.5. The minimum atomic E-state index is -0.786. The standard InChI is InChI=1S/C11H21N3O3/c1-5-13-11(8(12)15)6-14(7-11)9(16)17-10(2,3)4/h13H,5-7H2,1-4H3,(H2,12,15). The maximum Gasteiger partial charge on any atom is 0.410 e. The van der Waals surface area contributed by atoms with Crippen molar-refractivity contribution in [2.24, 2.45) is 5.73 Å². The van der Waals surface area contributed by atoms with Crippen molar-refractivity contribution in [2.75, 3.05) is 19.6 Å². The van der Waals surface area contributed by atoms with Gasteiger partial charge in [0.2, 0.25) is 5.91 Å². The van der Waals surface area contributed by atoms with Crippen molar-refractivity contribution < 1.29 is 14.3 Å². The summed E-state index contributed by atoms with van der Waals surface area (Å²) in [5.41, 5.74) is 4.01. The summed E-state index contributed by atoms with van der Waals surface area (Å²) in [5.74, 6) is -0.431. The number of nitrogens with one attached hydrogen (secondary N) is 1. The Balaban J connectivity index is 2.54. The molecule has 0 bridgehead atoms. The van der Waals surface area contributed by atoms with Crippen LogP contribution in [0.2, 0.25) is 0 Å². The zero-order valence-electron chi connectivity index (χ0n) is 10.9. The van der Waals surface area contributed by atoms with E-state index >= 15 is 0 Å². The lowest BCUT2D eigenvalue weighted by Crippen LogP contribution is -2.75. The average molecular weight is 243 g/mol. The molecule has 0 spiro atoms. The molecule has 0 aromatic carbocycles. The quantitative estimate of drug-likeness (QED) is 0.734. The van der Waals surface area contributed by atoms with E-state index in [9.17, 15) is 9.59 Å². The number of nitrogens with two attached hydrogens (primary N) is 1. The highest BCUT2D eigenvalue weighted by Gasteiger charge is 2.50. The second-order valence-electron chi connectivity index (χ2n) is 5.31. The molecule has 1 aliphatic heterocycles. The first-order chi connectivity index (χ1) is 7.70. The van der Waals surface area contributed by atoms with Gasteiger partial charge in [0.1, 0.15) is 11.1 Å². The van der Waals surface area contributed by atoms with Crippen LogP contribution in [0.15, 0.2) is 0 Å². The molecule has 0 radical (unpaired) electrons. The van der Waals surface area contributed by atoms with E-state index in [4.69, 9.17) is 10.5 Å². The summed E-state index contributed by atoms with van der Waals surface area (Å²) < 4.78 is 5.20. The fourth-order valence-electron chi connectivity index (χ4n) is 1.75. The summed E-state index contributed by atoms with van der Waals surface area (Å²) >= 11 is 0. The summed E-state index contributed by atoms with van der Waals surface area (Å²) in [7, 11) is 0. The van der Waals surface area contributed by atoms with Gasteiger partial charge in [-0.15, -0.1) is 0 Å². The molecule has 1 aliphatic rings. The van der Waals surface area contributed by atoms with Gasteiger partial charge < -0.3 is 20.7 Å². The van der Waals surface area contributed by atoms with Crippen LogP contribution in [0, 0.1) is 0 Å². The van der Waals surface area contributed by atoms with Gasteiger partial charge in [0.05, 0.1) is 13.1 Å². The van der Waals surface area contributed by atoms with Crippen molar-refractivity contribution in [1.82, 2.24) is 10.2 Å². The first kappa shape index (κ1) is 13.8. The van der Waals surface area contributed by atoms with Crippen LogP contribution in [0.4, 0.5) is 4.79 Å². The van der Waals surface area contributed by atoms with Crippen molar-refractivity contribution in [3.63, 3.8) is 0 Å². The summed E-state index contributed by atoms with van der Waals surface area (Å²) in [4.78, 5) is 24.5. The number of primary amides is 1. The average Bonchev–Trinajstić information content (AvgIpc) is 2.06. The van der Waals surface area contributed by atoms with Gasteiger partial charge in [0.15, 0.2) is 0 Å². The fraction of sp³-hybridized carbons (Fsp3) is 0.818. The predicted molar refractivity (Wildman–Crippen MR) is 63.4 cm³/mol. The third kappa shape index (κ3) is 3.09. The minimum Gasteiger partial charge on any atom is -0.444 e. The number of amides is 2. The van der Waals surface area contributed by atoms with Crippen LogP contribution in [0.5, 0.6) is 0 Å². The number of carbonyl (C=O) groups excluding carboxylic acids is 2. The number of likely N-dealkylation sites (N-methyl/N-ethyl adjacent to an activating group) is 1. The Bertz CT molecular complexity index is 316. The molecule has 1 fully saturated rings. The van der Waals surface area contributed by atoms with Crippen molar-refractivity contribution in [1.29, 1.82) is 0 Å². The molecule has 3 N–H and O–H groups in total. The monoisotopic (exact) mass is 243 g/mol. The molecule has 6 nitrogen and oxygen atoms in total. The summed E-state index contributed by atoms with van der Waals surface area (Å²) in [6, 6.07) is 0. The highest BCUT2D eigenvalue weighted by Crippen LogP contribution is 2.23. The second-order valence-corrected chi connectivity index (χ2v) is 5.31. The summed E-state index contributed by atoms with van der Waals surface area (Å²) in [5, 5.41) is 3.02. The molecule has 0 aliphatic carbocycles. The largest absolute Gasteiger partial charge is 0.444 e. The van der Waals surface area contributed by atoms with Gasteiger partial charge in [-0.3, -0.25) is 4.79 Å². The van der Waals surface area contributed by atoms with Crippen LogP contribution in [0.1, 0.15) is 27.7 Å². The maximum atomic E-state index is 11.7. The van der Waals surface area contributed by atoms with E-state index in [1.54, 1.807) is 20.8 Å². The van der Waals surface area contributed by atoms with E-state index in [1.807, 2.05) is 6.92 Å². The molecule has 17 heavy (non-hydrogen) atoms. The zero-order chi connectivity index (χ0) is 13.3. The third-order valence-electron chi connectivity index (χ3n) is 2.56. The SMILES string of the molecule is CCNC1(C(N)=O)CN(C(=O)OC(C)(C)C)C1. The summed E-state index contributed by atoms with van der Waals surface area (Å²) in [6.07, 6.45) is -0.410. The number of carbonyl (C=O) groups is 2. The van der Waals surface area contributed by atoms with E-state index in [1.165, 1.54) is 4.90 Å². The number of rotatable bonds is 3. The van der Waals surface area contributed by atoms with Gasteiger partial charge >= 0.3 is 6.09 Å². The van der Waals surface area contributed by atoms with Crippen LogP contribution in [-0.2, 0) is 9.53 Å². The fourth-order valence-corrected chi connectivity index (χ4v) is 1.75. The van der Waals surface area contributed by atoms with Gasteiger partial charge in [-0.05, 0) is 27.3 Å². The molecular formula is C11H21N3O3. The van der Waals surface area contributed by atoms with Crippen molar-refractivity contribution in [2.45, 2.75) is 38.8 Å². The Morgan fingerprint density at radius 1 is 1.41 bits per heavy atom. The van der Waals surface area contributed by atoms with Crippen LogP contribution < -0.4 is 11.1 Å². The topological polar surface area (TPSA) is 84.7 Å². The molecule has 1 heterocycles. The maximum absolute atomic E-state index is 11.7. The number of likely N-dealkylation sites (tertiary alicyclic amines) is 1. The molecule has 1 saturated heterocycles. The highest BCUT2D eigenvalue weighted by molar-refractivity contribution is 5.88. The lowest BCUT2D eigenvalue weighted by atomic mass is 9.89. The first-order valence-electron chi connectivity index (χ1n) is 5.73. The lowest BCUT2D eigenvalue weighted by Gasteiger charge is -2.48. The van der Waals surface area contributed by atoms with Gasteiger partial charge in [0.25, 0.3) is 0 Å². The molecule has 0 aromatic heterocycles. The Morgan fingerprint density at radius 3 is 2.29 bits per heavy atom. The van der Waals surface area contributed by atoms with E-state index in [0.29, 0.717) is 6.54 Å². The van der Waals surface area contributed by atoms with Crippen molar-refractivity contribution in [3.05, 3.63) is 0 Å². The van der Waals surface area contributed by atoms with E-state index < -0.39 is 23.1 Å². The molecule has 0 saturated carbocycles. The van der Waals surface area contributed by atoms with Gasteiger partial charge in [-0.25, -0.2) is 4.79 Å².